The number of amides is 1. The lowest BCUT2D eigenvalue weighted by Crippen LogP contribution is -2.45. The maximum atomic E-state index is 11.3. The summed E-state index contributed by atoms with van der Waals surface area (Å²) >= 11 is 0. The SMILES string of the molecule is C.CC(C)(CO)C(O)C(=O)NCCC(=O)O. The van der Waals surface area contributed by atoms with Crippen LogP contribution in [0, 0.1) is 5.41 Å². The largest absolute Gasteiger partial charge is 0.481 e. The van der Waals surface area contributed by atoms with Crippen molar-refractivity contribution < 1.29 is 24.9 Å². The first-order chi connectivity index (χ1) is 6.81. The highest BCUT2D eigenvalue weighted by molar-refractivity contribution is 5.81. The number of hydrogen-bond donors (Lipinski definition) is 4. The molecule has 0 spiro atoms. The topological polar surface area (TPSA) is 107 Å². The predicted octanol–water partition coefficient (Wildman–Crippen LogP) is -0.407. The lowest BCUT2D eigenvalue weighted by Gasteiger charge is -2.26. The van der Waals surface area contributed by atoms with Gasteiger partial charge < -0.3 is 20.6 Å². The number of aliphatic hydroxyl groups excluding tert-OH is 2. The van der Waals surface area contributed by atoms with E-state index in [1.54, 1.807) is 0 Å². The fraction of sp³-hybridized carbons (Fsp3) is 0.800. The zero-order valence-corrected chi connectivity index (χ0v) is 8.86. The summed E-state index contributed by atoms with van der Waals surface area (Å²) in [4.78, 5) is 21.4. The monoisotopic (exact) mass is 235 g/mol. The highest BCUT2D eigenvalue weighted by Crippen LogP contribution is 2.19. The van der Waals surface area contributed by atoms with Crippen molar-refractivity contribution in [1.82, 2.24) is 5.32 Å². The summed E-state index contributed by atoms with van der Waals surface area (Å²) in [6.07, 6.45) is -1.55. The van der Waals surface area contributed by atoms with Gasteiger partial charge in [0.1, 0.15) is 6.10 Å². The first kappa shape index (κ1) is 17.3. The van der Waals surface area contributed by atoms with Crippen LogP contribution in [0.3, 0.4) is 0 Å². The van der Waals surface area contributed by atoms with E-state index in [-0.39, 0.29) is 27.0 Å². The summed E-state index contributed by atoms with van der Waals surface area (Å²) in [5, 5.41) is 29.0. The summed E-state index contributed by atoms with van der Waals surface area (Å²) < 4.78 is 0. The van der Waals surface area contributed by atoms with Crippen LogP contribution < -0.4 is 5.32 Å². The Kier molecular flexibility index (Phi) is 7.75. The van der Waals surface area contributed by atoms with E-state index in [1.807, 2.05) is 0 Å². The quantitative estimate of drug-likeness (QED) is 0.501. The van der Waals surface area contributed by atoms with E-state index in [4.69, 9.17) is 10.2 Å². The Morgan fingerprint density at radius 3 is 2.25 bits per heavy atom. The van der Waals surface area contributed by atoms with E-state index in [1.165, 1.54) is 13.8 Å². The second kappa shape index (κ2) is 7.19. The maximum Gasteiger partial charge on any atom is 0.305 e. The molecule has 1 atom stereocenters. The number of carboxylic acids is 1. The molecule has 0 fully saturated rings. The fourth-order valence-electron chi connectivity index (χ4n) is 0.831. The van der Waals surface area contributed by atoms with Crippen LogP contribution >= 0.6 is 0 Å². The van der Waals surface area contributed by atoms with Crippen molar-refractivity contribution >= 4 is 11.9 Å². The summed E-state index contributed by atoms with van der Waals surface area (Å²) in [5.41, 5.74) is -0.937. The Morgan fingerprint density at radius 2 is 1.88 bits per heavy atom. The fourth-order valence-corrected chi connectivity index (χ4v) is 0.831. The molecule has 0 heterocycles. The Balaban J connectivity index is 0. The number of rotatable bonds is 6. The van der Waals surface area contributed by atoms with Crippen LogP contribution in [-0.4, -0.2) is 46.5 Å². The molecule has 6 nitrogen and oxygen atoms in total. The molecule has 96 valence electrons. The van der Waals surface area contributed by atoms with Gasteiger partial charge in [-0.1, -0.05) is 21.3 Å². The molecule has 1 unspecified atom stereocenters. The lowest BCUT2D eigenvalue weighted by atomic mass is 9.87. The highest BCUT2D eigenvalue weighted by Gasteiger charge is 2.32. The van der Waals surface area contributed by atoms with Crippen LogP contribution in [0.5, 0.6) is 0 Å². The third kappa shape index (κ3) is 5.67. The van der Waals surface area contributed by atoms with Crippen LogP contribution in [0.4, 0.5) is 0 Å². The Morgan fingerprint density at radius 1 is 1.38 bits per heavy atom. The van der Waals surface area contributed by atoms with Crippen molar-refractivity contribution in [3.63, 3.8) is 0 Å². The standard InChI is InChI=1S/C9H17NO5.CH4/c1-9(2,5-11)7(14)8(15)10-4-3-6(12)13;/h7,11,14H,3-5H2,1-2H3,(H,10,15)(H,12,13);1H4. The van der Waals surface area contributed by atoms with E-state index in [9.17, 15) is 14.7 Å². The Labute approximate surface area is 95.3 Å². The van der Waals surface area contributed by atoms with E-state index in [0.29, 0.717) is 0 Å². The number of aliphatic hydroxyl groups is 2. The molecular weight excluding hydrogens is 214 g/mol. The van der Waals surface area contributed by atoms with Crippen LogP contribution in [0.15, 0.2) is 0 Å². The molecule has 0 saturated carbocycles. The number of carboxylic acid groups (broad SMARTS) is 1. The van der Waals surface area contributed by atoms with Gasteiger partial charge in [-0.25, -0.2) is 0 Å². The molecule has 6 heteroatoms. The van der Waals surface area contributed by atoms with Gasteiger partial charge in [0.15, 0.2) is 0 Å². The molecule has 0 aliphatic rings. The average Bonchev–Trinajstić information content (AvgIpc) is 2.15. The highest BCUT2D eigenvalue weighted by atomic mass is 16.4. The van der Waals surface area contributed by atoms with Crippen molar-refractivity contribution in [2.75, 3.05) is 13.2 Å². The third-order valence-corrected chi connectivity index (χ3v) is 2.03. The average molecular weight is 235 g/mol. The molecule has 0 aromatic heterocycles. The minimum absolute atomic E-state index is 0. The third-order valence-electron chi connectivity index (χ3n) is 2.03. The van der Waals surface area contributed by atoms with Crippen LogP contribution in [0.1, 0.15) is 27.7 Å². The molecule has 0 radical (unpaired) electrons. The van der Waals surface area contributed by atoms with Crippen molar-refractivity contribution in [2.45, 2.75) is 33.8 Å². The van der Waals surface area contributed by atoms with Gasteiger partial charge in [-0.05, 0) is 0 Å². The zero-order chi connectivity index (χ0) is 12.1. The molecule has 0 saturated heterocycles. The van der Waals surface area contributed by atoms with Gasteiger partial charge >= 0.3 is 5.97 Å². The van der Waals surface area contributed by atoms with E-state index >= 15 is 0 Å². The van der Waals surface area contributed by atoms with Crippen LogP contribution in [0.2, 0.25) is 0 Å². The number of nitrogens with one attached hydrogen (secondary N) is 1. The van der Waals surface area contributed by atoms with Gasteiger partial charge in [0.2, 0.25) is 5.91 Å². The molecule has 0 aromatic rings. The summed E-state index contributed by atoms with van der Waals surface area (Å²) in [5.74, 6) is -1.69. The first-order valence-electron chi connectivity index (χ1n) is 4.59. The van der Waals surface area contributed by atoms with Crippen molar-refractivity contribution in [3.05, 3.63) is 0 Å². The van der Waals surface area contributed by atoms with Gasteiger partial charge in [0.25, 0.3) is 0 Å². The smallest absolute Gasteiger partial charge is 0.305 e. The van der Waals surface area contributed by atoms with Gasteiger partial charge in [-0.2, -0.15) is 0 Å². The zero-order valence-electron chi connectivity index (χ0n) is 8.86. The minimum atomic E-state index is -1.35. The van der Waals surface area contributed by atoms with Gasteiger partial charge in [-0.15, -0.1) is 0 Å². The number of carbonyl (C=O) groups is 2. The lowest BCUT2D eigenvalue weighted by molar-refractivity contribution is -0.138. The second-order valence-electron chi connectivity index (χ2n) is 3.98. The minimum Gasteiger partial charge on any atom is -0.481 e. The first-order valence-corrected chi connectivity index (χ1v) is 4.59. The van der Waals surface area contributed by atoms with Crippen molar-refractivity contribution in [2.24, 2.45) is 5.41 Å². The normalized spacial score (nSPS) is 12.5. The molecule has 0 aliphatic heterocycles. The van der Waals surface area contributed by atoms with Gasteiger partial charge in [0, 0.05) is 12.0 Å². The second-order valence-corrected chi connectivity index (χ2v) is 3.98. The van der Waals surface area contributed by atoms with Crippen molar-refractivity contribution in [3.8, 4) is 0 Å². The van der Waals surface area contributed by atoms with E-state index in [0.717, 1.165) is 0 Å². The summed E-state index contributed by atoms with van der Waals surface area (Å²) in [6.45, 7) is 2.70. The molecular formula is C10H21NO5. The maximum absolute atomic E-state index is 11.3. The van der Waals surface area contributed by atoms with Crippen LogP contribution in [0.25, 0.3) is 0 Å². The van der Waals surface area contributed by atoms with Crippen LogP contribution in [-0.2, 0) is 9.59 Å². The van der Waals surface area contributed by atoms with Crippen molar-refractivity contribution in [1.29, 1.82) is 0 Å². The Bertz CT molecular complexity index is 239. The summed E-state index contributed by atoms with van der Waals surface area (Å²) in [6, 6.07) is 0. The summed E-state index contributed by atoms with van der Waals surface area (Å²) in [7, 11) is 0. The molecule has 0 rings (SSSR count). The predicted molar refractivity (Wildman–Crippen MR) is 58.9 cm³/mol. The number of carbonyl (C=O) groups excluding carboxylic acids is 1. The van der Waals surface area contributed by atoms with Gasteiger partial charge in [0.05, 0.1) is 13.0 Å². The molecule has 0 aromatic carbocycles. The molecule has 16 heavy (non-hydrogen) atoms. The number of aliphatic carboxylic acids is 1. The van der Waals surface area contributed by atoms with E-state index < -0.39 is 23.4 Å². The molecule has 4 N–H and O–H groups in total. The molecule has 1 amide bonds. The molecule has 0 aliphatic carbocycles. The molecule has 0 bridgehead atoms. The van der Waals surface area contributed by atoms with E-state index in [2.05, 4.69) is 5.32 Å². The Hall–Kier alpha value is -1.14. The van der Waals surface area contributed by atoms with Gasteiger partial charge in [-0.3, -0.25) is 9.59 Å². The number of hydrogen-bond acceptors (Lipinski definition) is 4.